The summed E-state index contributed by atoms with van der Waals surface area (Å²) in [6.07, 6.45) is 0.998. The van der Waals surface area contributed by atoms with Crippen LogP contribution in [-0.4, -0.2) is 35.4 Å². The predicted octanol–water partition coefficient (Wildman–Crippen LogP) is 3.36. The maximum absolute atomic E-state index is 13.1. The minimum Gasteiger partial charge on any atom is -0.381 e. The normalized spacial score (nSPS) is 17.1. The highest BCUT2D eigenvalue weighted by molar-refractivity contribution is 7.20. The molecule has 136 valence electrons. The van der Waals surface area contributed by atoms with Crippen molar-refractivity contribution < 1.29 is 13.9 Å². The maximum atomic E-state index is 13.1. The number of amides is 1. The summed E-state index contributed by atoms with van der Waals surface area (Å²) < 4.78 is 20.3. The number of hydrogen-bond donors (Lipinski definition) is 1. The van der Waals surface area contributed by atoms with Gasteiger partial charge < -0.3 is 10.1 Å². The number of nitrogens with zero attached hydrogens (tertiary/aromatic N) is 2. The van der Waals surface area contributed by atoms with Crippen LogP contribution < -0.4 is 5.32 Å². The lowest BCUT2D eigenvalue weighted by Gasteiger charge is -2.08. The third-order valence-corrected chi connectivity index (χ3v) is 5.80. The summed E-state index contributed by atoms with van der Waals surface area (Å²) in [4.78, 5) is 14.1. The van der Waals surface area contributed by atoms with Crippen LogP contribution in [0.1, 0.15) is 27.3 Å². The molecular formula is C19H20FN3O2S. The number of halogens is 1. The van der Waals surface area contributed by atoms with Crippen molar-refractivity contribution in [3.05, 3.63) is 52.3 Å². The highest BCUT2D eigenvalue weighted by Gasteiger charge is 2.19. The zero-order valence-electron chi connectivity index (χ0n) is 14.5. The fraction of sp³-hybridized carbons (Fsp3) is 0.368. The Bertz CT molecular complexity index is 926. The van der Waals surface area contributed by atoms with Crippen LogP contribution in [0.5, 0.6) is 0 Å². The smallest absolute Gasteiger partial charge is 0.261 e. The summed E-state index contributed by atoms with van der Waals surface area (Å²) in [6.45, 7) is 4.63. The van der Waals surface area contributed by atoms with Crippen molar-refractivity contribution >= 4 is 27.5 Å². The van der Waals surface area contributed by atoms with Gasteiger partial charge in [0.1, 0.15) is 10.6 Å². The zero-order valence-corrected chi connectivity index (χ0v) is 15.3. The van der Waals surface area contributed by atoms with E-state index in [9.17, 15) is 9.18 Å². The number of carbonyl (C=O) groups excluding carboxylic acids is 1. The van der Waals surface area contributed by atoms with Gasteiger partial charge >= 0.3 is 0 Å². The molecule has 26 heavy (non-hydrogen) atoms. The monoisotopic (exact) mass is 373 g/mol. The van der Waals surface area contributed by atoms with Gasteiger partial charge in [-0.25, -0.2) is 4.39 Å². The van der Waals surface area contributed by atoms with Crippen molar-refractivity contribution in [2.45, 2.75) is 19.9 Å². The van der Waals surface area contributed by atoms with E-state index in [1.165, 1.54) is 23.5 Å². The number of thiophene rings is 1. The first-order valence-electron chi connectivity index (χ1n) is 8.67. The molecule has 3 heterocycles. The van der Waals surface area contributed by atoms with Crippen LogP contribution in [0.15, 0.2) is 30.3 Å². The Balaban J connectivity index is 1.52. The lowest BCUT2D eigenvalue weighted by molar-refractivity contribution is 0.0949. The van der Waals surface area contributed by atoms with Gasteiger partial charge in [0.25, 0.3) is 5.91 Å². The van der Waals surface area contributed by atoms with E-state index in [4.69, 9.17) is 4.74 Å². The molecule has 2 aromatic heterocycles. The molecule has 5 nitrogen and oxygen atoms in total. The lowest BCUT2D eigenvalue weighted by Crippen LogP contribution is -2.28. The molecule has 3 aromatic rings. The van der Waals surface area contributed by atoms with Gasteiger partial charge in [0.05, 0.1) is 23.7 Å². The molecule has 4 rings (SSSR count). The molecule has 1 aliphatic rings. The number of nitrogens with one attached hydrogen (secondary N) is 1. The van der Waals surface area contributed by atoms with E-state index >= 15 is 0 Å². The Morgan fingerprint density at radius 1 is 1.42 bits per heavy atom. The van der Waals surface area contributed by atoms with Gasteiger partial charge in [-0.05, 0) is 37.1 Å². The summed E-state index contributed by atoms with van der Waals surface area (Å²) in [5, 5.41) is 8.56. The van der Waals surface area contributed by atoms with E-state index in [2.05, 4.69) is 10.4 Å². The van der Waals surface area contributed by atoms with Crippen LogP contribution in [0, 0.1) is 18.7 Å². The molecule has 7 heteroatoms. The Hall–Kier alpha value is -2.25. The second kappa shape index (κ2) is 7.17. The molecule has 1 fully saturated rings. The Labute approximate surface area is 154 Å². The van der Waals surface area contributed by atoms with Crippen LogP contribution in [-0.2, 0) is 11.3 Å². The Morgan fingerprint density at radius 2 is 2.23 bits per heavy atom. The molecule has 0 saturated carbocycles. The number of rotatable bonds is 5. The van der Waals surface area contributed by atoms with Crippen LogP contribution in [0.4, 0.5) is 4.39 Å². The number of carbonyl (C=O) groups is 1. The van der Waals surface area contributed by atoms with Crippen molar-refractivity contribution in [2.75, 3.05) is 19.8 Å². The number of aryl methyl sites for hydroxylation is 1. The minimum atomic E-state index is -0.252. The molecular weight excluding hydrogens is 353 g/mol. The molecule has 0 aliphatic carbocycles. The summed E-state index contributed by atoms with van der Waals surface area (Å²) in [6, 6.07) is 8.31. The molecule has 1 aliphatic heterocycles. The molecule has 1 N–H and O–H groups in total. The Kier molecular flexibility index (Phi) is 4.74. The largest absolute Gasteiger partial charge is 0.381 e. The van der Waals surface area contributed by atoms with Crippen molar-refractivity contribution in [1.82, 2.24) is 15.1 Å². The van der Waals surface area contributed by atoms with Crippen molar-refractivity contribution in [3.8, 4) is 0 Å². The van der Waals surface area contributed by atoms with Gasteiger partial charge in [-0.1, -0.05) is 12.1 Å². The van der Waals surface area contributed by atoms with E-state index < -0.39 is 0 Å². The van der Waals surface area contributed by atoms with E-state index in [0.29, 0.717) is 23.9 Å². The van der Waals surface area contributed by atoms with Gasteiger partial charge in [-0.3, -0.25) is 9.48 Å². The summed E-state index contributed by atoms with van der Waals surface area (Å²) >= 11 is 1.44. The third kappa shape index (κ3) is 3.50. The van der Waals surface area contributed by atoms with Gasteiger partial charge in [0.15, 0.2) is 0 Å². The topological polar surface area (TPSA) is 56.2 Å². The van der Waals surface area contributed by atoms with E-state index in [-0.39, 0.29) is 11.7 Å². The van der Waals surface area contributed by atoms with Crippen molar-refractivity contribution in [1.29, 1.82) is 0 Å². The molecule has 0 spiro atoms. The summed E-state index contributed by atoms with van der Waals surface area (Å²) in [7, 11) is 0. The highest BCUT2D eigenvalue weighted by atomic mass is 32.1. The minimum absolute atomic E-state index is 0.0502. The predicted molar refractivity (Wildman–Crippen MR) is 99.1 cm³/mol. The number of fused-ring (bicyclic) bond motifs is 1. The van der Waals surface area contributed by atoms with Gasteiger partial charge in [-0.2, -0.15) is 5.10 Å². The zero-order chi connectivity index (χ0) is 18.1. The number of ether oxygens (including phenoxy) is 1. The molecule has 1 aromatic carbocycles. The van der Waals surface area contributed by atoms with Gasteiger partial charge in [-0.15, -0.1) is 11.3 Å². The average Bonchev–Trinajstić information content (AvgIpc) is 3.35. The van der Waals surface area contributed by atoms with Crippen LogP contribution in [0.2, 0.25) is 0 Å². The van der Waals surface area contributed by atoms with E-state index in [0.717, 1.165) is 41.1 Å². The Morgan fingerprint density at radius 3 is 2.96 bits per heavy atom. The second-order valence-corrected chi connectivity index (χ2v) is 7.67. The molecule has 0 bridgehead atoms. The molecule has 1 amide bonds. The van der Waals surface area contributed by atoms with Gasteiger partial charge in [0, 0.05) is 24.5 Å². The van der Waals surface area contributed by atoms with E-state index in [1.807, 2.05) is 17.7 Å². The van der Waals surface area contributed by atoms with E-state index in [1.54, 1.807) is 12.1 Å². The lowest BCUT2D eigenvalue weighted by atomic mass is 10.1. The summed E-state index contributed by atoms with van der Waals surface area (Å²) in [5.41, 5.74) is 1.86. The fourth-order valence-corrected chi connectivity index (χ4v) is 4.24. The first-order chi connectivity index (χ1) is 12.6. The molecule has 1 saturated heterocycles. The fourth-order valence-electron chi connectivity index (χ4n) is 3.16. The first kappa shape index (κ1) is 17.2. The third-order valence-electron chi connectivity index (χ3n) is 4.65. The average molecular weight is 373 g/mol. The maximum Gasteiger partial charge on any atom is 0.261 e. The number of benzene rings is 1. The van der Waals surface area contributed by atoms with Crippen LogP contribution in [0.3, 0.4) is 0 Å². The standard InChI is InChI=1S/C19H20FN3O2S/c1-12-16-8-17(18(24)21-9-14-6-7-25-11-14)26-19(16)23(22-12)10-13-2-4-15(20)5-3-13/h2-5,8,14H,6-7,9-11H2,1H3,(H,21,24)/t14-/m0/s1. The van der Waals surface area contributed by atoms with Crippen LogP contribution >= 0.6 is 11.3 Å². The number of aromatic nitrogens is 2. The molecule has 0 radical (unpaired) electrons. The SMILES string of the molecule is Cc1nn(Cc2ccc(F)cc2)c2sc(C(=O)NC[C@@H]3CCOC3)cc12. The quantitative estimate of drug-likeness (QED) is 0.746. The van der Waals surface area contributed by atoms with Gasteiger partial charge in [0.2, 0.25) is 0 Å². The second-order valence-electron chi connectivity index (χ2n) is 6.64. The van der Waals surface area contributed by atoms with Crippen molar-refractivity contribution in [2.24, 2.45) is 5.92 Å². The van der Waals surface area contributed by atoms with Crippen LogP contribution in [0.25, 0.3) is 10.2 Å². The van der Waals surface area contributed by atoms with Crippen molar-refractivity contribution in [3.63, 3.8) is 0 Å². The summed E-state index contributed by atoms with van der Waals surface area (Å²) in [5.74, 6) is 0.105. The number of hydrogen-bond acceptors (Lipinski definition) is 4. The first-order valence-corrected chi connectivity index (χ1v) is 9.49. The highest BCUT2D eigenvalue weighted by Crippen LogP contribution is 2.29. The molecule has 0 unspecified atom stereocenters. The molecule has 1 atom stereocenters.